The number of rotatable bonds is 6. The lowest BCUT2D eigenvalue weighted by molar-refractivity contribution is -0.147. The number of ether oxygens (including phenoxy) is 2. The summed E-state index contributed by atoms with van der Waals surface area (Å²) in [5, 5.41) is 2.91. The van der Waals surface area contributed by atoms with E-state index in [-0.39, 0.29) is 12.0 Å². The van der Waals surface area contributed by atoms with E-state index in [0.29, 0.717) is 19.3 Å². The largest absolute Gasteiger partial charge is 0.465 e. The zero-order valence-corrected chi connectivity index (χ0v) is 9.62. The van der Waals surface area contributed by atoms with E-state index < -0.39 is 0 Å². The Balaban J connectivity index is 2.23. The van der Waals surface area contributed by atoms with Crippen LogP contribution in [0.5, 0.6) is 0 Å². The van der Waals surface area contributed by atoms with Crippen LogP contribution in [0.2, 0.25) is 0 Å². The maximum atomic E-state index is 11.4. The monoisotopic (exact) mass is 215 g/mol. The van der Waals surface area contributed by atoms with E-state index in [1.165, 1.54) is 12.8 Å². The molecule has 1 saturated carbocycles. The van der Waals surface area contributed by atoms with E-state index in [1.807, 2.05) is 6.92 Å². The number of hydrogen-bond donors (Lipinski definition) is 1. The Hall–Kier alpha value is -0.610. The highest BCUT2D eigenvalue weighted by Crippen LogP contribution is 2.20. The van der Waals surface area contributed by atoms with E-state index in [0.717, 1.165) is 12.8 Å². The van der Waals surface area contributed by atoms with Crippen LogP contribution in [0.3, 0.4) is 0 Å². The van der Waals surface area contributed by atoms with Crippen LogP contribution in [-0.4, -0.2) is 38.4 Å². The minimum atomic E-state index is -0.328. The highest BCUT2D eigenvalue weighted by Gasteiger charge is 2.21. The average molecular weight is 215 g/mol. The Labute approximate surface area is 91.3 Å². The summed E-state index contributed by atoms with van der Waals surface area (Å²) in [6.45, 7) is 2.64. The number of esters is 1. The third-order valence-electron chi connectivity index (χ3n) is 2.72. The molecule has 1 atom stereocenters. The first-order valence-electron chi connectivity index (χ1n) is 5.73. The summed E-state index contributed by atoms with van der Waals surface area (Å²) in [6, 6.07) is -0.328. The predicted molar refractivity (Wildman–Crippen MR) is 57.7 cm³/mol. The van der Waals surface area contributed by atoms with Crippen molar-refractivity contribution in [1.82, 2.24) is 5.32 Å². The molecule has 15 heavy (non-hydrogen) atoms. The van der Waals surface area contributed by atoms with E-state index in [1.54, 1.807) is 7.05 Å². The number of nitrogens with one attached hydrogen (secondary N) is 1. The minimum absolute atomic E-state index is 0.224. The van der Waals surface area contributed by atoms with Crippen molar-refractivity contribution in [1.29, 1.82) is 0 Å². The van der Waals surface area contributed by atoms with Gasteiger partial charge in [-0.15, -0.1) is 0 Å². The molecule has 1 unspecified atom stereocenters. The molecular weight excluding hydrogens is 194 g/mol. The van der Waals surface area contributed by atoms with Gasteiger partial charge in [0.1, 0.15) is 6.04 Å². The lowest BCUT2D eigenvalue weighted by atomic mass is 10.3. The van der Waals surface area contributed by atoms with Gasteiger partial charge < -0.3 is 14.8 Å². The molecule has 0 aliphatic heterocycles. The van der Waals surface area contributed by atoms with Crippen molar-refractivity contribution in [2.45, 2.75) is 44.8 Å². The summed E-state index contributed by atoms with van der Waals surface area (Å²) in [5.74, 6) is -0.224. The number of likely N-dealkylation sites (N-methyl/N-ethyl adjacent to an activating group) is 1. The van der Waals surface area contributed by atoms with Crippen LogP contribution in [0, 0.1) is 0 Å². The van der Waals surface area contributed by atoms with E-state index >= 15 is 0 Å². The third-order valence-corrected chi connectivity index (χ3v) is 2.72. The normalized spacial score (nSPS) is 19.1. The molecule has 1 rings (SSSR count). The standard InChI is InChI=1S/C11H21NO3/c1-3-14-11(13)10(12-2)8-15-9-6-4-5-7-9/h9-10,12H,3-8H2,1-2H3. The van der Waals surface area contributed by atoms with E-state index in [2.05, 4.69) is 5.32 Å². The third kappa shape index (κ3) is 4.18. The minimum Gasteiger partial charge on any atom is -0.465 e. The molecule has 0 saturated heterocycles. The highest BCUT2D eigenvalue weighted by molar-refractivity contribution is 5.75. The molecule has 0 aromatic carbocycles. The molecule has 0 bridgehead atoms. The lowest BCUT2D eigenvalue weighted by Crippen LogP contribution is -2.40. The summed E-state index contributed by atoms with van der Waals surface area (Å²) >= 11 is 0. The summed E-state index contributed by atoms with van der Waals surface area (Å²) in [6.07, 6.45) is 5.08. The van der Waals surface area contributed by atoms with Crippen LogP contribution in [0.1, 0.15) is 32.6 Å². The molecule has 4 nitrogen and oxygen atoms in total. The molecule has 88 valence electrons. The van der Waals surface area contributed by atoms with Gasteiger partial charge in [0, 0.05) is 0 Å². The smallest absolute Gasteiger partial charge is 0.325 e. The highest BCUT2D eigenvalue weighted by atomic mass is 16.5. The maximum Gasteiger partial charge on any atom is 0.325 e. The van der Waals surface area contributed by atoms with Gasteiger partial charge in [0.25, 0.3) is 0 Å². The van der Waals surface area contributed by atoms with Crippen molar-refractivity contribution >= 4 is 5.97 Å². The maximum absolute atomic E-state index is 11.4. The van der Waals surface area contributed by atoms with Gasteiger partial charge >= 0.3 is 5.97 Å². The molecule has 0 heterocycles. The summed E-state index contributed by atoms with van der Waals surface area (Å²) in [7, 11) is 1.75. The van der Waals surface area contributed by atoms with E-state index in [9.17, 15) is 4.79 Å². The van der Waals surface area contributed by atoms with Crippen LogP contribution in [0.15, 0.2) is 0 Å². The second kappa shape index (κ2) is 6.80. The molecule has 0 spiro atoms. The van der Waals surface area contributed by atoms with Gasteiger partial charge in [-0.1, -0.05) is 12.8 Å². The van der Waals surface area contributed by atoms with Gasteiger partial charge in [0.05, 0.1) is 19.3 Å². The van der Waals surface area contributed by atoms with Crippen molar-refractivity contribution in [3.05, 3.63) is 0 Å². The molecule has 0 aromatic heterocycles. The molecular formula is C11H21NO3. The van der Waals surface area contributed by atoms with Crippen LogP contribution >= 0.6 is 0 Å². The van der Waals surface area contributed by atoms with Gasteiger partial charge in [-0.05, 0) is 26.8 Å². The van der Waals surface area contributed by atoms with Crippen LogP contribution in [0.4, 0.5) is 0 Å². The van der Waals surface area contributed by atoms with Gasteiger partial charge in [-0.3, -0.25) is 4.79 Å². The average Bonchev–Trinajstić information content (AvgIpc) is 2.72. The van der Waals surface area contributed by atoms with Crippen LogP contribution < -0.4 is 5.32 Å². The molecule has 0 radical (unpaired) electrons. The van der Waals surface area contributed by atoms with E-state index in [4.69, 9.17) is 9.47 Å². The fourth-order valence-electron chi connectivity index (χ4n) is 1.80. The summed E-state index contributed by atoms with van der Waals surface area (Å²) in [5.41, 5.74) is 0. The number of hydrogen-bond acceptors (Lipinski definition) is 4. The van der Waals surface area contributed by atoms with Crippen molar-refractivity contribution in [2.75, 3.05) is 20.3 Å². The van der Waals surface area contributed by atoms with Gasteiger partial charge in [0.15, 0.2) is 0 Å². The molecule has 1 N–H and O–H groups in total. The van der Waals surface area contributed by atoms with Crippen LogP contribution in [-0.2, 0) is 14.3 Å². The Kier molecular flexibility index (Phi) is 5.65. The topological polar surface area (TPSA) is 47.6 Å². The fourth-order valence-corrected chi connectivity index (χ4v) is 1.80. The molecule has 0 amide bonds. The number of carbonyl (C=O) groups excluding carboxylic acids is 1. The predicted octanol–water partition coefficient (Wildman–Crippen LogP) is 1.10. The lowest BCUT2D eigenvalue weighted by Gasteiger charge is -2.17. The molecule has 4 heteroatoms. The van der Waals surface area contributed by atoms with Gasteiger partial charge in [0.2, 0.25) is 0 Å². The number of carbonyl (C=O) groups is 1. The second-order valence-electron chi connectivity index (χ2n) is 3.83. The fraction of sp³-hybridized carbons (Fsp3) is 0.909. The van der Waals surface area contributed by atoms with Crippen molar-refractivity contribution in [3.8, 4) is 0 Å². The molecule has 0 aromatic rings. The van der Waals surface area contributed by atoms with Gasteiger partial charge in [-0.2, -0.15) is 0 Å². The SMILES string of the molecule is CCOC(=O)C(COC1CCCC1)NC. The zero-order valence-electron chi connectivity index (χ0n) is 9.62. The Morgan fingerprint density at radius 1 is 1.47 bits per heavy atom. The Bertz CT molecular complexity index is 190. The summed E-state index contributed by atoms with van der Waals surface area (Å²) < 4.78 is 10.6. The van der Waals surface area contributed by atoms with Gasteiger partial charge in [-0.25, -0.2) is 0 Å². The molecule has 1 aliphatic rings. The molecule has 1 aliphatic carbocycles. The zero-order chi connectivity index (χ0) is 11.1. The first-order valence-corrected chi connectivity index (χ1v) is 5.73. The van der Waals surface area contributed by atoms with Crippen molar-refractivity contribution < 1.29 is 14.3 Å². The molecule has 1 fully saturated rings. The second-order valence-corrected chi connectivity index (χ2v) is 3.83. The first-order chi connectivity index (χ1) is 7.27. The quantitative estimate of drug-likeness (QED) is 0.674. The Morgan fingerprint density at radius 3 is 2.67 bits per heavy atom. The van der Waals surface area contributed by atoms with Crippen LogP contribution in [0.25, 0.3) is 0 Å². The Morgan fingerprint density at radius 2 is 2.13 bits per heavy atom. The van der Waals surface area contributed by atoms with Crippen molar-refractivity contribution in [3.63, 3.8) is 0 Å². The van der Waals surface area contributed by atoms with Crippen molar-refractivity contribution in [2.24, 2.45) is 0 Å². The summed E-state index contributed by atoms with van der Waals surface area (Å²) in [4.78, 5) is 11.4. The first kappa shape index (κ1) is 12.5.